The fourth-order valence-electron chi connectivity index (χ4n) is 3.15. The SMILES string of the molecule is C[C@H](O)C1(C)CCC([C@@H](C)O)C1(C)C. The van der Waals surface area contributed by atoms with Gasteiger partial charge in [-0.15, -0.1) is 0 Å². The molecule has 0 saturated heterocycles. The smallest absolute Gasteiger partial charge is 0.0570 e. The van der Waals surface area contributed by atoms with E-state index in [0.29, 0.717) is 5.92 Å². The summed E-state index contributed by atoms with van der Waals surface area (Å²) in [5, 5.41) is 19.6. The molecule has 2 heteroatoms. The van der Waals surface area contributed by atoms with Gasteiger partial charge in [0.25, 0.3) is 0 Å². The lowest BCUT2D eigenvalue weighted by Crippen LogP contribution is -2.44. The highest BCUT2D eigenvalue weighted by molar-refractivity contribution is 5.03. The van der Waals surface area contributed by atoms with E-state index in [4.69, 9.17) is 0 Å². The van der Waals surface area contributed by atoms with Crippen LogP contribution in [0.4, 0.5) is 0 Å². The Morgan fingerprint density at radius 3 is 1.86 bits per heavy atom. The summed E-state index contributed by atoms with van der Waals surface area (Å²) in [6.07, 6.45) is 1.45. The molecule has 2 unspecified atom stereocenters. The zero-order valence-corrected chi connectivity index (χ0v) is 10.0. The molecule has 2 N–H and O–H groups in total. The molecule has 2 nitrogen and oxygen atoms in total. The van der Waals surface area contributed by atoms with Crippen molar-refractivity contribution in [2.24, 2.45) is 16.7 Å². The minimum atomic E-state index is -0.304. The van der Waals surface area contributed by atoms with E-state index in [1.54, 1.807) is 0 Å². The molecule has 0 aromatic rings. The molecule has 14 heavy (non-hydrogen) atoms. The second-order valence-electron chi connectivity index (χ2n) is 5.70. The van der Waals surface area contributed by atoms with E-state index in [0.717, 1.165) is 12.8 Å². The topological polar surface area (TPSA) is 40.5 Å². The number of hydrogen-bond donors (Lipinski definition) is 2. The molecule has 84 valence electrons. The van der Waals surface area contributed by atoms with E-state index in [1.165, 1.54) is 0 Å². The highest BCUT2D eigenvalue weighted by Crippen LogP contribution is 2.58. The molecule has 0 radical (unpaired) electrons. The molecule has 1 aliphatic rings. The second kappa shape index (κ2) is 3.49. The molecule has 1 fully saturated rings. The summed E-state index contributed by atoms with van der Waals surface area (Å²) < 4.78 is 0. The van der Waals surface area contributed by atoms with Crippen molar-refractivity contribution in [1.82, 2.24) is 0 Å². The van der Waals surface area contributed by atoms with Gasteiger partial charge >= 0.3 is 0 Å². The van der Waals surface area contributed by atoms with Gasteiger partial charge in [0.1, 0.15) is 0 Å². The van der Waals surface area contributed by atoms with Gasteiger partial charge in [0.2, 0.25) is 0 Å². The van der Waals surface area contributed by atoms with Crippen molar-refractivity contribution < 1.29 is 10.2 Å². The highest BCUT2D eigenvalue weighted by atomic mass is 16.3. The Labute approximate surface area is 87.3 Å². The van der Waals surface area contributed by atoms with Gasteiger partial charge < -0.3 is 10.2 Å². The number of hydrogen-bond acceptors (Lipinski definition) is 2. The van der Waals surface area contributed by atoms with Crippen LogP contribution >= 0.6 is 0 Å². The normalized spacial score (nSPS) is 40.9. The van der Waals surface area contributed by atoms with E-state index in [2.05, 4.69) is 20.8 Å². The Morgan fingerprint density at radius 2 is 1.64 bits per heavy atom. The molecule has 1 saturated carbocycles. The predicted octanol–water partition coefficient (Wildman–Crippen LogP) is 2.19. The maximum Gasteiger partial charge on any atom is 0.0570 e. The van der Waals surface area contributed by atoms with Crippen LogP contribution in [0, 0.1) is 16.7 Å². The van der Waals surface area contributed by atoms with Crippen molar-refractivity contribution in [1.29, 1.82) is 0 Å². The highest BCUT2D eigenvalue weighted by Gasteiger charge is 2.54. The van der Waals surface area contributed by atoms with Gasteiger partial charge in [-0.2, -0.15) is 0 Å². The Balaban J connectivity index is 2.96. The number of aliphatic hydroxyl groups excluding tert-OH is 2. The first-order chi connectivity index (χ1) is 6.23. The zero-order valence-electron chi connectivity index (χ0n) is 10.0. The van der Waals surface area contributed by atoms with Crippen LogP contribution in [0.15, 0.2) is 0 Å². The lowest BCUT2D eigenvalue weighted by atomic mass is 9.62. The molecular formula is C12H24O2. The Morgan fingerprint density at radius 1 is 1.14 bits per heavy atom. The van der Waals surface area contributed by atoms with Gasteiger partial charge in [0.05, 0.1) is 12.2 Å². The third kappa shape index (κ3) is 1.49. The van der Waals surface area contributed by atoms with E-state index in [9.17, 15) is 10.2 Å². The van der Waals surface area contributed by atoms with Crippen molar-refractivity contribution in [2.45, 2.75) is 59.7 Å². The third-order valence-corrected chi connectivity index (χ3v) is 4.88. The average Bonchev–Trinajstić information content (AvgIpc) is 2.24. The fourth-order valence-corrected chi connectivity index (χ4v) is 3.15. The van der Waals surface area contributed by atoms with Crippen LogP contribution in [0.25, 0.3) is 0 Å². The molecule has 0 aliphatic heterocycles. The predicted molar refractivity (Wildman–Crippen MR) is 58.0 cm³/mol. The Bertz CT molecular complexity index is 208. The maximum absolute atomic E-state index is 9.86. The number of rotatable bonds is 2. The molecule has 0 bridgehead atoms. The molecule has 0 spiro atoms. The minimum absolute atomic E-state index is 0.00926. The van der Waals surface area contributed by atoms with Gasteiger partial charge in [-0.25, -0.2) is 0 Å². The van der Waals surface area contributed by atoms with Crippen molar-refractivity contribution >= 4 is 0 Å². The molecule has 0 heterocycles. The Hall–Kier alpha value is -0.0800. The van der Waals surface area contributed by atoms with Crippen LogP contribution in [-0.2, 0) is 0 Å². The van der Waals surface area contributed by atoms with Crippen molar-refractivity contribution in [3.63, 3.8) is 0 Å². The molecule has 1 aliphatic carbocycles. The summed E-state index contributed by atoms with van der Waals surface area (Å²) in [6, 6.07) is 0. The minimum Gasteiger partial charge on any atom is -0.393 e. The summed E-state index contributed by atoms with van der Waals surface area (Å²) in [5.41, 5.74) is -0.0516. The lowest BCUT2D eigenvalue weighted by molar-refractivity contribution is -0.0537. The lowest BCUT2D eigenvalue weighted by Gasteiger charge is -2.44. The third-order valence-electron chi connectivity index (χ3n) is 4.88. The maximum atomic E-state index is 9.86. The average molecular weight is 200 g/mol. The van der Waals surface area contributed by atoms with E-state index >= 15 is 0 Å². The van der Waals surface area contributed by atoms with Crippen LogP contribution in [0.3, 0.4) is 0 Å². The Kier molecular flexibility index (Phi) is 2.99. The van der Waals surface area contributed by atoms with E-state index in [1.807, 2.05) is 13.8 Å². The molecule has 0 aromatic heterocycles. The first kappa shape index (κ1) is 12.0. The number of aliphatic hydroxyl groups is 2. The van der Waals surface area contributed by atoms with Crippen LogP contribution in [-0.4, -0.2) is 22.4 Å². The summed E-state index contributed by atoms with van der Waals surface area (Å²) in [6.45, 7) is 10.2. The van der Waals surface area contributed by atoms with Crippen molar-refractivity contribution in [3.8, 4) is 0 Å². The van der Waals surface area contributed by atoms with Gasteiger partial charge in [-0.3, -0.25) is 0 Å². The monoisotopic (exact) mass is 200 g/mol. The van der Waals surface area contributed by atoms with Gasteiger partial charge in [-0.1, -0.05) is 20.8 Å². The molecule has 4 atom stereocenters. The first-order valence-electron chi connectivity index (χ1n) is 5.59. The molecule has 0 aromatic carbocycles. The van der Waals surface area contributed by atoms with Crippen LogP contribution in [0.2, 0.25) is 0 Å². The standard InChI is InChI=1S/C12H24O2/c1-8(13)10-6-7-12(5,9(2)14)11(10,3)4/h8-10,13-14H,6-7H2,1-5H3/t8-,9+,10?,12?/m1/s1. The van der Waals surface area contributed by atoms with Crippen LogP contribution in [0.5, 0.6) is 0 Å². The van der Waals surface area contributed by atoms with Crippen molar-refractivity contribution in [2.75, 3.05) is 0 Å². The van der Waals surface area contributed by atoms with E-state index in [-0.39, 0.29) is 23.0 Å². The quantitative estimate of drug-likeness (QED) is 0.717. The van der Waals surface area contributed by atoms with Crippen LogP contribution in [0.1, 0.15) is 47.5 Å². The van der Waals surface area contributed by atoms with Crippen molar-refractivity contribution in [3.05, 3.63) is 0 Å². The van der Waals surface area contributed by atoms with E-state index < -0.39 is 0 Å². The van der Waals surface area contributed by atoms with Gasteiger partial charge in [-0.05, 0) is 43.4 Å². The largest absolute Gasteiger partial charge is 0.393 e. The zero-order chi connectivity index (χ0) is 11.1. The van der Waals surface area contributed by atoms with Gasteiger partial charge in [0, 0.05) is 0 Å². The first-order valence-corrected chi connectivity index (χ1v) is 5.59. The molecular weight excluding hydrogens is 176 g/mol. The molecule has 0 amide bonds. The molecule has 1 rings (SSSR count). The summed E-state index contributed by atoms with van der Waals surface area (Å²) in [5.74, 6) is 0.307. The summed E-state index contributed by atoms with van der Waals surface area (Å²) in [7, 11) is 0. The second-order valence-corrected chi connectivity index (χ2v) is 5.70. The fraction of sp³-hybridized carbons (Fsp3) is 1.00. The summed E-state index contributed by atoms with van der Waals surface area (Å²) in [4.78, 5) is 0. The summed E-state index contributed by atoms with van der Waals surface area (Å²) >= 11 is 0. The van der Waals surface area contributed by atoms with Crippen LogP contribution < -0.4 is 0 Å². The van der Waals surface area contributed by atoms with Gasteiger partial charge in [0.15, 0.2) is 0 Å².